The molecule has 2 rings (SSSR count). The normalized spacial score (nSPS) is 15.2. The van der Waals surface area contributed by atoms with Crippen LogP contribution in [0.5, 0.6) is 0 Å². The molecule has 7 nitrogen and oxygen atoms in total. The molecule has 8 heteroatoms. The molecule has 0 spiro atoms. The molecule has 1 fully saturated rings. The molecule has 22 heavy (non-hydrogen) atoms. The molecule has 1 aliphatic rings. The summed E-state index contributed by atoms with van der Waals surface area (Å²) in [4.78, 5) is 31.4. The van der Waals surface area contributed by atoms with Crippen molar-refractivity contribution in [1.82, 2.24) is 19.4 Å². The van der Waals surface area contributed by atoms with E-state index in [-0.39, 0.29) is 42.5 Å². The highest BCUT2D eigenvalue weighted by molar-refractivity contribution is 14.0. The first-order valence-electron chi connectivity index (χ1n) is 7.06. The molecule has 0 bridgehead atoms. The van der Waals surface area contributed by atoms with Gasteiger partial charge in [-0.25, -0.2) is 9.78 Å². The minimum atomic E-state index is -0.495. The molecule has 1 saturated heterocycles. The molecule has 0 N–H and O–H groups in total. The van der Waals surface area contributed by atoms with Crippen molar-refractivity contribution in [2.24, 2.45) is 0 Å². The third kappa shape index (κ3) is 5.47. The number of rotatable bonds is 2. The van der Waals surface area contributed by atoms with E-state index < -0.39 is 5.60 Å². The van der Waals surface area contributed by atoms with Crippen LogP contribution in [0.25, 0.3) is 0 Å². The monoisotopic (exact) mass is 422 g/mol. The van der Waals surface area contributed by atoms with Gasteiger partial charge in [-0.1, -0.05) is 0 Å². The van der Waals surface area contributed by atoms with E-state index in [0.29, 0.717) is 26.2 Å². The van der Waals surface area contributed by atoms with E-state index in [0.717, 1.165) is 0 Å². The molecular weight excluding hydrogens is 399 g/mol. The summed E-state index contributed by atoms with van der Waals surface area (Å²) in [5.74, 6) is 0.0387. The van der Waals surface area contributed by atoms with Crippen LogP contribution in [0.3, 0.4) is 0 Å². The minimum Gasteiger partial charge on any atom is -0.444 e. The van der Waals surface area contributed by atoms with Gasteiger partial charge in [0.2, 0.25) is 5.91 Å². The van der Waals surface area contributed by atoms with Gasteiger partial charge in [-0.3, -0.25) is 4.79 Å². The molecule has 0 atom stereocenters. The highest BCUT2D eigenvalue weighted by Gasteiger charge is 2.27. The lowest BCUT2D eigenvalue weighted by molar-refractivity contribution is -0.133. The average Bonchev–Trinajstić information content (AvgIpc) is 2.90. The molecule has 1 aliphatic heterocycles. The maximum absolute atomic E-state index is 12.1. The second kappa shape index (κ2) is 7.80. The number of piperazine rings is 1. The van der Waals surface area contributed by atoms with Crippen LogP contribution < -0.4 is 0 Å². The number of imidazole rings is 1. The summed E-state index contributed by atoms with van der Waals surface area (Å²) < 4.78 is 7.07. The number of carbonyl (C=O) groups excluding carboxylic acids is 2. The fourth-order valence-corrected chi connectivity index (χ4v) is 2.10. The van der Waals surface area contributed by atoms with E-state index in [9.17, 15) is 9.59 Å². The molecule has 1 aromatic heterocycles. The van der Waals surface area contributed by atoms with Gasteiger partial charge in [0.05, 0.1) is 6.33 Å². The second-order valence-electron chi connectivity index (χ2n) is 6.08. The lowest BCUT2D eigenvalue weighted by Gasteiger charge is -2.35. The Hall–Kier alpha value is -1.32. The molecular formula is C14H23IN4O3. The van der Waals surface area contributed by atoms with Crippen LogP contribution in [0.4, 0.5) is 4.79 Å². The molecule has 0 aromatic carbocycles. The van der Waals surface area contributed by atoms with Crippen molar-refractivity contribution in [2.45, 2.75) is 32.9 Å². The first-order valence-corrected chi connectivity index (χ1v) is 7.06. The standard InChI is InChI=1S/C14H22N4O3.HI/c1-14(2,3)21-13(20)18-8-6-17(7-9-18)12(19)10-16-5-4-15-11-16;/h4-5,11H,6-10H2,1-3H3;1H. The molecule has 124 valence electrons. The summed E-state index contributed by atoms with van der Waals surface area (Å²) in [5, 5.41) is 0. The number of halogens is 1. The maximum Gasteiger partial charge on any atom is 0.410 e. The number of amides is 2. The topological polar surface area (TPSA) is 67.7 Å². The first-order chi connectivity index (χ1) is 9.85. The van der Waals surface area contributed by atoms with E-state index in [4.69, 9.17) is 4.74 Å². The van der Waals surface area contributed by atoms with E-state index in [1.54, 1.807) is 33.1 Å². The van der Waals surface area contributed by atoms with Crippen molar-refractivity contribution in [1.29, 1.82) is 0 Å². The Morgan fingerprint density at radius 2 is 1.73 bits per heavy atom. The summed E-state index contributed by atoms with van der Waals surface area (Å²) in [6, 6.07) is 0. The molecule has 2 heterocycles. The van der Waals surface area contributed by atoms with Gasteiger partial charge in [0, 0.05) is 38.6 Å². The largest absolute Gasteiger partial charge is 0.444 e. The Labute approximate surface area is 147 Å². The second-order valence-corrected chi connectivity index (χ2v) is 6.08. The highest BCUT2D eigenvalue weighted by Crippen LogP contribution is 2.12. The van der Waals surface area contributed by atoms with Crippen LogP contribution in [0.15, 0.2) is 18.7 Å². The predicted molar refractivity (Wildman–Crippen MR) is 92.0 cm³/mol. The molecule has 0 radical (unpaired) electrons. The van der Waals surface area contributed by atoms with Crippen molar-refractivity contribution in [3.63, 3.8) is 0 Å². The van der Waals surface area contributed by atoms with Crippen molar-refractivity contribution in [2.75, 3.05) is 26.2 Å². The number of hydrogen-bond donors (Lipinski definition) is 0. The molecule has 2 amide bonds. The van der Waals surface area contributed by atoms with E-state index in [1.807, 2.05) is 20.8 Å². The number of nitrogens with zero attached hydrogens (tertiary/aromatic N) is 4. The summed E-state index contributed by atoms with van der Waals surface area (Å²) in [6.45, 7) is 7.89. The van der Waals surface area contributed by atoms with E-state index in [2.05, 4.69) is 4.98 Å². The molecule has 0 aliphatic carbocycles. The zero-order valence-corrected chi connectivity index (χ0v) is 15.5. The molecule has 1 aromatic rings. The van der Waals surface area contributed by atoms with Crippen LogP contribution in [-0.4, -0.2) is 63.1 Å². The van der Waals surface area contributed by atoms with Crippen LogP contribution in [0.1, 0.15) is 20.8 Å². The third-order valence-electron chi connectivity index (χ3n) is 3.16. The Morgan fingerprint density at radius 3 is 2.23 bits per heavy atom. The van der Waals surface area contributed by atoms with Crippen molar-refractivity contribution in [3.05, 3.63) is 18.7 Å². The molecule has 0 saturated carbocycles. The van der Waals surface area contributed by atoms with Gasteiger partial charge in [-0.05, 0) is 20.8 Å². The van der Waals surface area contributed by atoms with Gasteiger partial charge in [0.25, 0.3) is 0 Å². The summed E-state index contributed by atoms with van der Waals surface area (Å²) >= 11 is 0. The number of ether oxygens (including phenoxy) is 1. The fourth-order valence-electron chi connectivity index (χ4n) is 2.10. The van der Waals surface area contributed by atoms with Crippen LogP contribution in [0, 0.1) is 0 Å². The van der Waals surface area contributed by atoms with Crippen LogP contribution in [0.2, 0.25) is 0 Å². The predicted octanol–water partition coefficient (Wildman–Crippen LogP) is 1.58. The van der Waals surface area contributed by atoms with Crippen LogP contribution >= 0.6 is 24.0 Å². The van der Waals surface area contributed by atoms with Crippen molar-refractivity contribution < 1.29 is 14.3 Å². The SMILES string of the molecule is CC(C)(C)OC(=O)N1CCN(C(=O)Cn2ccnc2)CC1.I. The number of hydrogen-bond acceptors (Lipinski definition) is 4. The third-order valence-corrected chi connectivity index (χ3v) is 3.16. The Balaban J connectivity index is 0.00000242. The summed E-state index contributed by atoms with van der Waals surface area (Å²) in [5.41, 5.74) is -0.495. The highest BCUT2D eigenvalue weighted by atomic mass is 127. The number of aromatic nitrogens is 2. The smallest absolute Gasteiger partial charge is 0.410 e. The minimum absolute atomic E-state index is 0. The average molecular weight is 422 g/mol. The Kier molecular flexibility index (Phi) is 6.64. The lowest BCUT2D eigenvalue weighted by atomic mass is 10.2. The van der Waals surface area contributed by atoms with Crippen molar-refractivity contribution >= 4 is 36.0 Å². The van der Waals surface area contributed by atoms with Gasteiger partial charge < -0.3 is 19.1 Å². The van der Waals surface area contributed by atoms with Gasteiger partial charge >= 0.3 is 6.09 Å². The first kappa shape index (κ1) is 18.7. The maximum atomic E-state index is 12.1. The quantitative estimate of drug-likeness (QED) is 0.679. The van der Waals surface area contributed by atoms with Gasteiger partial charge in [0.15, 0.2) is 0 Å². The number of carbonyl (C=O) groups is 2. The van der Waals surface area contributed by atoms with Crippen molar-refractivity contribution in [3.8, 4) is 0 Å². The van der Waals surface area contributed by atoms with E-state index >= 15 is 0 Å². The lowest BCUT2D eigenvalue weighted by Crippen LogP contribution is -2.52. The van der Waals surface area contributed by atoms with Crippen LogP contribution in [-0.2, 0) is 16.1 Å². The fraction of sp³-hybridized carbons (Fsp3) is 0.643. The Bertz CT molecular complexity index is 491. The van der Waals surface area contributed by atoms with Gasteiger partial charge in [0.1, 0.15) is 12.1 Å². The van der Waals surface area contributed by atoms with Gasteiger partial charge in [-0.15, -0.1) is 24.0 Å². The Morgan fingerprint density at radius 1 is 1.14 bits per heavy atom. The zero-order valence-electron chi connectivity index (χ0n) is 13.2. The molecule has 0 unspecified atom stereocenters. The zero-order chi connectivity index (χ0) is 15.5. The van der Waals surface area contributed by atoms with Gasteiger partial charge in [-0.2, -0.15) is 0 Å². The van der Waals surface area contributed by atoms with E-state index in [1.165, 1.54) is 0 Å². The summed E-state index contributed by atoms with van der Waals surface area (Å²) in [7, 11) is 0. The summed E-state index contributed by atoms with van der Waals surface area (Å²) in [6.07, 6.45) is 4.71.